The summed E-state index contributed by atoms with van der Waals surface area (Å²) >= 11 is 0. The molecule has 3 heteroatoms. The molecule has 0 radical (unpaired) electrons. The fourth-order valence-corrected chi connectivity index (χ4v) is 2.79. The zero-order chi connectivity index (χ0) is 14.0. The summed E-state index contributed by atoms with van der Waals surface area (Å²) in [7, 11) is 2.08. The van der Waals surface area contributed by atoms with Crippen molar-refractivity contribution >= 4 is 5.97 Å². The normalized spacial score (nSPS) is 27.5. The molecule has 0 N–H and O–H groups in total. The summed E-state index contributed by atoms with van der Waals surface area (Å²) in [5.74, 6) is -0.122. The van der Waals surface area contributed by atoms with Crippen molar-refractivity contribution in [2.24, 2.45) is 0 Å². The Balaban J connectivity index is 2.39. The number of carbonyl (C=O) groups excluding carboxylic acids is 1. The van der Waals surface area contributed by atoms with Gasteiger partial charge in [-0.05, 0) is 26.5 Å². The largest absolute Gasteiger partial charge is 0.452 e. The Hall–Kier alpha value is -1.35. The molecule has 0 aliphatic carbocycles. The molecule has 104 valence electrons. The fraction of sp³-hybridized carbons (Fsp3) is 0.562. The zero-order valence-corrected chi connectivity index (χ0v) is 12.3. The van der Waals surface area contributed by atoms with Gasteiger partial charge in [0.2, 0.25) is 0 Å². The van der Waals surface area contributed by atoms with Crippen LogP contribution < -0.4 is 0 Å². The zero-order valence-electron chi connectivity index (χ0n) is 12.3. The van der Waals surface area contributed by atoms with E-state index in [1.807, 2.05) is 6.92 Å². The van der Waals surface area contributed by atoms with E-state index in [1.54, 1.807) is 0 Å². The van der Waals surface area contributed by atoms with Crippen LogP contribution in [0, 0.1) is 6.92 Å². The summed E-state index contributed by atoms with van der Waals surface area (Å²) in [5, 5.41) is 0. The predicted molar refractivity (Wildman–Crippen MR) is 75.9 cm³/mol. The van der Waals surface area contributed by atoms with E-state index in [0.717, 1.165) is 18.5 Å². The second-order valence-corrected chi connectivity index (χ2v) is 5.49. The average Bonchev–Trinajstić information content (AvgIpc) is 2.69. The lowest BCUT2D eigenvalue weighted by Crippen LogP contribution is -2.42. The van der Waals surface area contributed by atoms with E-state index in [1.165, 1.54) is 5.56 Å². The minimum Gasteiger partial charge on any atom is -0.452 e. The number of aryl methyl sites for hydroxylation is 1. The Morgan fingerprint density at radius 3 is 2.53 bits per heavy atom. The van der Waals surface area contributed by atoms with E-state index < -0.39 is 5.60 Å². The van der Waals surface area contributed by atoms with Crippen LogP contribution in [0.2, 0.25) is 0 Å². The highest BCUT2D eigenvalue weighted by atomic mass is 16.6. The maximum absolute atomic E-state index is 11.8. The molecule has 1 aliphatic heterocycles. The SMILES string of the molecule is CCC(=O)O[C@@]1(c2ccc(C)cc2)CCN(C)[C@H]1C. The number of carbonyl (C=O) groups is 1. The molecule has 19 heavy (non-hydrogen) atoms. The lowest BCUT2D eigenvalue weighted by molar-refractivity contribution is -0.163. The summed E-state index contributed by atoms with van der Waals surface area (Å²) in [6, 6.07) is 8.55. The lowest BCUT2D eigenvalue weighted by atomic mass is 9.86. The fourth-order valence-electron chi connectivity index (χ4n) is 2.79. The first-order valence-corrected chi connectivity index (χ1v) is 6.99. The summed E-state index contributed by atoms with van der Waals surface area (Å²) in [4.78, 5) is 14.1. The number of benzene rings is 1. The molecule has 1 aromatic rings. The van der Waals surface area contributed by atoms with E-state index in [4.69, 9.17) is 4.74 Å². The van der Waals surface area contributed by atoms with Crippen LogP contribution in [0.25, 0.3) is 0 Å². The summed E-state index contributed by atoms with van der Waals surface area (Å²) in [6.07, 6.45) is 1.28. The first-order valence-electron chi connectivity index (χ1n) is 6.99. The van der Waals surface area contributed by atoms with Crippen LogP contribution in [0.3, 0.4) is 0 Å². The van der Waals surface area contributed by atoms with Crippen LogP contribution in [-0.4, -0.2) is 30.5 Å². The van der Waals surface area contributed by atoms with Crippen LogP contribution in [0.4, 0.5) is 0 Å². The topological polar surface area (TPSA) is 29.5 Å². The first-order chi connectivity index (χ1) is 8.99. The van der Waals surface area contributed by atoms with Gasteiger partial charge >= 0.3 is 5.97 Å². The van der Waals surface area contributed by atoms with Crippen LogP contribution in [0.5, 0.6) is 0 Å². The van der Waals surface area contributed by atoms with Crippen molar-refractivity contribution in [3.63, 3.8) is 0 Å². The van der Waals surface area contributed by atoms with Crippen LogP contribution in [-0.2, 0) is 15.1 Å². The van der Waals surface area contributed by atoms with E-state index >= 15 is 0 Å². The van der Waals surface area contributed by atoms with E-state index in [0.29, 0.717) is 6.42 Å². The number of hydrogen-bond acceptors (Lipinski definition) is 3. The van der Waals surface area contributed by atoms with Gasteiger partial charge in [0.05, 0.1) is 6.04 Å². The summed E-state index contributed by atoms with van der Waals surface area (Å²) < 4.78 is 5.88. The van der Waals surface area contributed by atoms with Crippen molar-refractivity contribution in [1.82, 2.24) is 4.90 Å². The molecule has 2 rings (SSSR count). The maximum atomic E-state index is 11.8. The van der Waals surface area contributed by atoms with Crippen molar-refractivity contribution in [1.29, 1.82) is 0 Å². The van der Waals surface area contributed by atoms with Crippen molar-refractivity contribution in [3.05, 3.63) is 35.4 Å². The number of likely N-dealkylation sites (N-methyl/N-ethyl adjacent to an activating group) is 1. The second-order valence-electron chi connectivity index (χ2n) is 5.49. The third kappa shape index (κ3) is 2.52. The molecule has 3 nitrogen and oxygen atoms in total. The monoisotopic (exact) mass is 261 g/mol. The smallest absolute Gasteiger partial charge is 0.306 e. The van der Waals surface area contributed by atoms with Gasteiger partial charge in [0.1, 0.15) is 0 Å². The van der Waals surface area contributed by atoms with Gasteiger partial charge in [-0.25, -0.2) is 0 Å². The molecule has 1 aromatic carbocycles. The highest BCUT2D eigenvalue weighted by molar-refractivity contribution is 5.70. The van der Waals surface area contributed by atoms with Gasteiger partial charge in [0, 0.05) is 19.4 Å². The van der Waals surface area contributed by atoms with Crippen molar-refractivity contribution in [3.8, 4) is 0 Å². The van der Waals surface area contributed by atoms with Gasteiger partial charge in [-0.3, -0.25) is 9.69 Å². The molecule has 0 amide bonds. The van der Waals surface area contributed by atoms with E-state index in [2.05, 4.69) is 50.1 Å². The molecule has 1 heterocycles. The summed E-state index contributed by atoms with van der Waals surface area (Å²) in [6.45, 7) is 7.00. The van der Waals surface area contributed by atoms with E-state index in [9.17, 15) is 4.79 Å². The van der Waals surface area contributed by atoms with Crippen LogP contribution >= 0.6 is 0 Å². The standard InChI is InChI=1S/C16H23NO2/c1-5-15(18)19-16(10-11-17(4)13(16)3)14-8-6-12(2)7-9-14/h6-9,13H,5,10-11H2,1-4H3/t13-,16-/m0/s1. The predicted octanol–water partition coefficient (Wildman–Crippen LogP) is 2.87. The quantitative estimate of drug-likeness (QED) is 0.784. The number of nitrogens with zero attached hydrogens (tertiary/aromatic N) is 1. The summed E-state index contributed by atoms with van der Waals surface area (Å²) in [5.41, 5.74) is 1.84. The minimum absolute atomic E-state index is 0.122. The molecular formula is C16H23NO2. The molecule has 0 unspecified atom stereocenters. The minimum atomic E-state index is -0.491. The Bertz CT molecular complexity index is 454. The Morgan fingerprint density at radius 1 is 1.42 bits per heavy atom. The molecule has 0 aromatic heterocycles. The van der Waals surface area contributed by atoms with Gasteiger partial charge in [-0.1, -0.05) is 36.8 Å². The third-order valence-corrected chi connectivity index (χ3v) is 4.30. The number of esters is 1. The highest BCUT2D eigenvalue weighted by Gasteiger charge is 2.47. The van der Waals surface area contributed by atoms with Crippen molar-refractivity contribution in [2.45, 2.75) is 45.3 Å². The third-order valence-electron chi connectivity index (χ3n) is 4.30. The van der Waals surface area contributed by atoms with Gasteiger partial charge in [-0.15, -0.1) is 0 Å². The number of ether oxygens (including phenoxy) is 1. The van der Waals surface area contributed by atoms with Gasteiger partial charge in [0.15, 0.2) is 5.60 Å². The molecule has 0 bridgehead atoms. The molecule has 0 spiro atoms. The molecular weight excluding hydrogens is 238 g/mol. The number of hydrogen-bond donors (Lipinski definition) is 0. The van der Waals surface area contributed by atoms with Crippen molar-refractivity contribution < 1.29 is 9.53 Å². The lowest BCUT2D eigenvalue weighted by Gasteiger charge is -2.35. The Kier molecular flexibility index (Phi) is 3.95. The molecule has 1 aliphatic rings. The Labute approximate surface area is 115 Å². The van der Waals surface area contributed by atoms with Gasteiger partial charge in [0.25, 0.3) is 0 Å². The Morgan fingerprint density at radius 2 is 2.05 bits per heavy atom. The maximum Gasteiger partial charge on any atom is 0.306 e. The number of rotatable bonds is 3. The van der Waals surface area contributed by atoms with Gasteiger partial charge in [-0.2, -0.15) is 0 Å². The van der Waals surface area contributed by atoms with Crippen LogP contribution in [0.15, 0.2) is 24.3 Å². The highest BCUT2D eigenvalue weighted by Crippen LogP contribution is 2.40. The molecule has 1 saturated heterocycles. The van der Waals surface area contributed by atoms with E-state index in [-0.39, 0.29) is 12.0 Å². The average molecular weight is 261 g/mol. The molecule has 0 saturated carbocycles. The van der Waals surface area contributed by atoms with Crippen LogP contribution in [0.1, 0.15) is 37.8 Å². The molecule has 2 atom stereocenters. The number of likely N-dealkylation sites (tertiary alicyclic amines) is 1. The molecule has 1 fully saturated rings. The second kappa shape index (κ2) is 5.33. The van der Waals surface area contributed by atoms with Gasteiger partial charge < -0.3 is 4.74 Å². The first kappa shape index (κ1) is 14.1. The van der Waals surface area contributed by atoms with Crippen molar-refractivity contribution in [2.75, 3.05) is 13.6 Å².